The van der Waals surface area contributed by atoms with Gasteiger partial charge in [-0.2, -0.15) is 0 Å². The van der Waals surface area contributed by atoms with Crippen LogP contribution in [0, 0.1) is 0 Å². The predicted octanol–water partition coefficient (Wildman–Crippen LogP) is 2.32. The summed E-state index contributed by atoms with van der Waals surface area (Å²) in [6.45, 7) is 6.77. The summed E-state index contributed by atoms with van der Waals surface area (Å²) in [4.78, 5) is 13.4. The van der Waals surface area contributed by atoms with Gasteiger partial charge in [0.25, 0.3) is 0 Å². The van der Waals surface area contributed by atoms with Crippen LogP contribution in [0.25, 0.3) is 0 Å². The fraction of sp³-hybridized carbons (Fsp3) is 0.562. The molecule has 1 unspecified atom stereocenters. The van der Waals surface area contributed by atoms with E-state index in [-0.39, 0.29) is 18.6 Å². The Hall–Kier alpha value is -1.59. The molecule has 2 rings (SSSR count). The summed E-state index contributed by atoms with van der Waals surface area (Å²) >= 11 is 0. The third-order valence-corrected chi connectivity index (χ3v) is 3.47. The number of aliphatic carboxylic acids is 1. The molecule has 1 fully saturated rings. The number of carboxylic acids is 1. The summed E-state index contributed by atoms with van der Waals surface area (Å²) in [6.07, 6.45) is 0.187. The minimum Gasteiger partial charge on any atom is -0.491 e. The van der Waals surface area contributed by atoms with Crippen molar-refractivity contribution < 1.29 is 19.4 Å². The van der Waals surface area contributed by atoms with Gasteiger partial charge in [-0.3, -0.25) is 9.69 Å². The van der Waals surface area contributed by atoms with E-state index in [1.165, 1.54) is 0 Å². The van der Waals surface area contributed by atoms with Gasteiger partial charge in [0.15, 0.2) is 0 Å². The molecule has 21 heavy (non-hydrogen) atoms. The molecule has 1 aromatic carbocycles. The van der Waals surface area contributed by atoms with Crippen molar-refractivity contribution in [3.63, 3.8) is 0 Å². The van der Waals surface area contributed by atoms with Gasteiger partial charge in [0, 0.05) is 19.1 Å². The van der Waals surface area contributed by atoms with E-state index >= 15 is 0 Å². The van der Waals surface area contributed by atoms with Crippen LogP contribution in [-0.4, -0.2) is 48.4 Å². The number of carbonyl (C=O) groups is 1. The lowest BCUT2D eigenvalue weighted by Gasteiger charge is -2.34. The molecule has 5 nitrogen and oxygen atoms in total. The molecule has 0 bridgehead atoms. The zero-order chi connectivity index (χ0) is 15.2. The summed E-state index contributed by atoms with van der Waals surface area (Å²) in [5.74, 6) is -0.00665. The number of carboxylic acid groups (broad SMARTS) is 1. The number of hydrogen-bond donors (Lipinski definition) is 1. The Bertz CT molecular complexity index is 469. The molecule has 0 spiro atoms. The summed E-state index contributed by atoms with van der Waals surface area (Å²) in [5, 5.41) is 9.20. The number of hydrogen-bond acceptors (Lipinski definition) is 4. The molecule has 1 aromatic rings. The van der Waals surface area contributed by atoms with Gasteiger partial charge in [0.05, 0.1) is 25.7 Å². The van der Waals surface area contributed by atoms with Gasteiger partial charge in [0.1, 0.15) is 5.75 Å². The Morgan fingerprint density at radius 1 is 1.38 bits per heavy atom. The average Bonchev–Trinajstić information content (AvgIpc) is 2.45. The normalized spacial score (nSPS) is 17.7. The number of morpholine rings is 1. The van der Waals surface area contributed by atoms with Crippen molar-refractivity contribution in [1.29, 1.82) is 0 Å². The largest absolute Gasteiger partial charge is 0.491 e. The molecular weight excluding hydrogens is 270 g/mol. The van der Waals surface area contributed by atoms with E-state index in [4.69, 9.17) is 9.47 Å². The van der Waals surface area contributed by atoms with Crippen molar-refractivity contribution in [3.8, 4) is 5.75 Å². The second kappa shape index (κ2) is 7.43. The monoisotopic (exact) mass is 293 g/mol. The molecular formula is C16H23NO4. The number of nitrogens with zero attached hydrogens (tertiary/aromatic N) is 1. The number of ether oxygens (including phenoxy) is 2. The maximum absolute atomic E-state index is 11.2. The SMILES string of the molecule is CC(C)Oc1cccc(C(CC(=O)O)N2CCOCC2)c1. The first-order chi connectivity index (χ1) is 10.1. The Morgan fingerprint density at radius 2 is 2.10 bits per heavy atom. The van der Waals surface area contributed by atoms with Crippen LogP contribution in [0.1, 0.15) is 31.9 Å². The zero-order valence-electron chi connectivity index (χ0n) is 12.6. The van der Waals surface area contributed by atoms with Gasteiger partial charge in [-0.15, -0.1) is 0 Å². The second-order valence-corrected chi connectivity index (χ2v) is 5.50. The Kier molecular flexibility index (Phi) is 5.59. The van der Waals surface area contributed by atoms with Crippen LogP contribution in [-0.2, 0) is 9.53 Å². The molecule has 0 saturated carbocycles. The van der Waals surface area contributed by atoms with Crippen molar-refractivity contribution in [2.45, 2.75) is 32.4 Å². The molecule has 1 atom stereocenters. The lowest BCUT2D eigenvalue weighted by Crippen LogP contribution is -2.39. The highest BCUT2D eigenvalue weighted by molar-refractivity contribution is 5.68. The molecule has 1 aliphatic heterocycles. The Morgan fingerprint density at radius 3 is 2.71 bits per heavy atom. The van der Waals surface area contributed by atoms with E-state index < -0.39 is 5.97 Å². The highest BCUT2D eigenvalue weighted by atomic mass is 16.5. The van der Waals surface area contributed by atoms with Crippen LogP contribution in [0.2, 0.25) is 0 Å². The van der Waals surface area contributed by atoms with Crippen molar-refractivity contribution in [2.75, 3.05) is 26.3 Å². The van der Waals surface area contributed by atoms with E-state index in [9.17, 15) is 9.90 Å². The minimum atomic E-state index is -0.790. The third-order valence-electron chi connectivity index (χ3n) is 3.47. The van der Waals surface area contributed by atoms with Crippen LogP contribution >= 0.6 is 0 Å². The van der Waals surface area contributed by atoms with Gasteiger partial charge in [0.2, 0.25) is 0 Å². The standard InChI is InChI=1S/C16H23NO4/c1-12(2)21-14-5-3-4-13(10-14)15(11-16(18)19)17-6-8-20-9-7-17/h3-5,10,12,15H,6-9,11H2,1-2H3,(H,18,19). The van der Waals surface area contributed by atoms with Crippen molar-refractivity contribution >= 4 is 5.97 Å². The van der Waals surface area contributed by atoms with Gasteiger partial charge in [-0.1, -0.05) is 12.1 Å². The Labute approximate surface area is 125 Å². The van der Waals surface area contributed by atoms with Crippen LogP contribution in [0.4, 0.5) is 0 Å². The quantitative estimate of drug-likeness (QED) is 0.872. The topological polar surface area (TPSA) is 59.0 Å². The lowest BCUT2D eigenvalue weighted by atomic mass is 10.0. The van der Waals surface area contributed by atoms with E-state index in [2.05, 4.69) is 4.90 Å². The molecule has 0 aromatic heterocycles. The number of benzene rings is 1. The average molecular weight is 293 g/mol. The van der Waals surface area contributed by atoms with Crippen molar-refractivity contribution in [3.05, 3.63) is 29.8 Å². The van der Waals surface area contributed by atoms with E-state index in [1.807, 2.05) is 38.1 Å². The fourth-order valence-electron chi connectivity index (χ4n) is 2.58. The molecule has 1 N–H and O–H groups in total. The van der Waals surface area contributed by atoms with Crippen LogP contribution in [0.3, 0.4) is 0 Å². The van der Waals surface area contributed by atoms with Gasteiger partial charge in [-0.25, -0.2) is 0 Å². The summed E-state index contributed by atoms with van der Waals surface area (Å²) in [6, 6.07) is 7.60. The molecule has 5 heteroatoms. The molecule has 0 amide bonds. The van der Waals surface area contributed by atoms with Gasteiger partial charge in [-0.05, 0) is 31.5 Å². The smallest absolute Gasteiger partial charge is 0.305 e. The first kappa shape index (κ1) is 15.8. The number of rotatable bonds is 6. The first-order valence-electron chi connectivity index (χ1n) is 7.36. The molecule has 1 aliphatic rings. The maximum atomic E-state index is 11.2. The van der Waals surface area contributed by atoms with Gasteiger partial charge >= 0.3 is 5.97 Å². The minimum absolute atomic E-state index is 0.0884. The first-order valence-corrected chi connectivity index (χ1v) is 7.36. The summed E-state index contributed by atoms with van der Waals surface area (Å²) in [7, 11) is 0. The van der Waals surface area contributed by atoms with Crippen LogP contribution < -0.4 is 4.74 Å². The molecule has 1 heterocycles. The third kappa shape index (κ3) is 4.72. The predicted molar refractivity (Wildman–Crippen MR) is 79.6 cm³/mol. The van der Waals surface area contributed by atoms with E-state index in [0.717, 1.165) is 24.4 Å². The molecule has 0 aliphatic carbocycles. The Balaban J connectivity index is 2.20. The van der Waals surface area contributed by atoms with Crippen LogP contribution in [0.15, 0.2) is 24.3 Å². The lowest BCUT2D eigenvalue weighted by molar-refractivity contribution is -0.139. The molecule has 1 saturated heterocycles. The zero-order valence-corrected chi connectivity index (χ0v) is 12.6. The van der Waals surface area contributed by atoms with Crippen molar-refractivity contribution in [2.24, 2.45) is 0 Å². The second-order valence-electron chi connectivity index (χ2n) is 5.50. The molecule has 116 valence electrons. The fourth-order valence-corrected chi connectivity index (χ4v) is 2.58. The molecule has 0 radical (unpaired) electrons. The van der Waals surface area contributed by atoms with E-state index in [1.54, 1.807) is 0 Å². The van der Waals surface area contributed by atoms with Crippen molar-refractivity contribution in [1.82, 2.24) is 4.90 Å². The van der Waals surface area contributed by atoms with E-state index in [0.29, 0.717) is 13.2 Å². The summed E-state index contributed by atoms with van der Waals surface area (Å²) < 4.78 is 11.1. The highest BCUT2D eigenvalue weighted by Gasteiger charge is 2.25. The van der Waals surface area contributed by atoms with Crippen LogP contribution in [0.5, 0.6) is 5.75 Å². The summed E-state index contributed by atoms with van der Waals surface area (Å²) in [5.41, 5.74) is 0.984. The highest BCUT2D eigenvalue weighted by Crippen LogP contribution is 2.28. The maximum Gasteiger partial charge on any atom is 0.305 e. The van der Waals surface area contributed by atoms with Gasteiger partial charge < -0.3 is 14.6 Å².